The Kier molecular flexibility index (Phi) is 11.3. The number of benzene rings is 1. The molecular formula is C29H43N4O5S+. The van der Waals surface area contributed by atoms with Crippen LogP contribution in [-0.2, 0) is 20.7 Å². The lowest BCUT2D eigenvalue weighted by Crippen LogP contribution is -2.52. The van der Waals surface area contributed by atoms with E-state index in [1.54, 1.807) is 20.8 Å². The summed E-state index contributed by atoms with van der Waals surface area (Å²) >= 11 is 1.15. The van der Waals surface area contributed by atoms with Gasteiger partial charge in [-0.1, -0.05) is 62.6 Å². The van der Waals surface area contributed by atoms with Gasteiger partial charge in [-0.25, -0.2) is 9.59 Å². The second-order valence-electron chi connectivity index (χ2n) is 11.3. The number of rotatable bonds is 13. The molecule has 0 aliphatic carbocycles. The van der Waals surface area contributed by atoms with Crippen molar-refractivity contribution in [3.8, 4) is 5.88 Å². The highest BCUT2D eigenvalue weighted by molar-refractivity contribution is 6.99. The zero-order valence-corrected chi connectivity index (χ0v) is 24.7. The summed E-state index contributed by atoms with van der Waals surface area (Å²) in [5.41, 5.74) is 2.06. The van der Waals surface area contributed by atoms with Crippen LogP contribution in [0.2, 0.25) is 0 Å². The summed E-state index contributed by atoms with van der Waals surface area (Å²) in [6, 6.07) is 8.66. The molecule has 10 heteroatoms. The molecule has 0 radical (unpaired) electrons. The number of nitrogens with zero attached hydrogens (tertiary/aromatic N) is 3. The van der Waals surface area contributed by atoms with E-state index in [2.05, 4.69) is 34.1 Å². The zero-order chi connectivity index (χ0) is 28.3. The second kappa shape index (κ2) is 14.4. The van der Waals surface area contributed by atoms with Crippen LogP contribution >= 0.6 is 11.7 Å². The van der Waals surface area contributed by atoms with Crippen molar-refractivity contribution in [2.24, 2.45) is 0 Å². The molecule has 1 N–H and O–H groups in total. The lowest BCUT2D eigenvalue weighted by molar-refractivity contribution is -0.919. The number of nitrogens with one attached hydrogen (secondary N) is 1. The van der Waals surface area contributed by atoms with Gasteiger partial charge in [-0.3, -0.25) is 4.48 Å². The van der Waals surface area contributed by atoms with Crippen LogP contribution < -0.4 is 10.1 Å². The first-order valence-corrected chi connectivity index (χ1v) is 14.5. The summed E-state index contributed by atoms with van der Waals surface area (Å²) in [6.07, 6.45) is 7.16. The molecule has 3 rings (SSSR count). The van der Waals surface area contributed by atoms with Crippen molar-refractivity contribution >= 4 is 29.4 Å². The van der Waals surface area contributed by atoms with Gasteiger partial charge >= 0.3 is 12.1 Å². The number of esters is 1. The van der Waals surface area contributed by atoms with Gasteiger partial charge in [-0.05, 0) is 32.8 Å². The molecule has 214 valence electrons. The maximum atomic E-state index is 13.2. The number of unbranched alkanes of at least 4 members (excludes halogenated alkanes) is 3. The normalized spacial score (nSPS) is 18.1. The van der Waals surface area contributed by atoms with Crippen LogP contribution in [0.4, 0.5) is 4.79 Å². The Balaban J connectivity index is 1.61. The summed E-state index contributed by atoms with van der Waals surface area (Å²) < 4.78 is 26.5. The molecule has 0 saturated heterocycles. The van der Waals surface area contributed by atoms with Crippen LogP contribution in [0.1, 0.15) is 71.1 Å². The summed E-state index contributed by atoms with van der Waals surface area (Å²) in [5, 5.41) is 2.71. The van der Waals surface area contributed by atoms with Crippen molar-refractivity contribution in [2.75, 3.05) is 33.5 Å². The molecule has 0 saturated carbocycles. The summed E-state index contributed by atoms with van der Waals surface area (Å²) in [6.45, 7) is 9.77. The van der Waals surface area contributed by atoms with Gasteiger partial charge in [0.2, 0.25) is 6.73 Å². The number of alkyl carbamates (subject to hydrolysis) is 1. The van der Waals surface area contributed by atoms with E-state index in [4.69, 9.17) is 14.2 Å². The third-order valence-electron chi connectivity index (χ3n) is 6.39. The fourth-order valence-electron chi connectivity index (χ4n) is 4.37. The number of ether oxygens (including phenoxy) is 3. The molecule has 2 atom stereocenters. The second-order valence-corrected chi connectivity index (χ2v) is 11.9. The van der Waals surface area contributed by atoms with Gasteiger partial charge in [0.15, 0.2) is 0 Å². The third-order valence-corrected chi connectivity index (χ3v) is 6.90. The number of quaternary nitrogens is 1. The van der Waals surface area contributed by atoms with Crippen molar-refractivity contribution in [2.45, 2.75) is 77.9 Å². The molecule has 39 heavy (non-hydrogen) atoms. The van der Waals surface area contributed by atoms with E-state index in [1.165, 1.54) is 12.8 Å². The number of amides is 1. The first-order chi connectivity index (χ1) is 18.6. The molecule has 0 fully saturated rings. The summed E-state index contributed by atoms with van der Waals surface area (Å²) in [5.74, 6) is 0.0873. The number of hydrogen-bond acceptors (Lipinski definition) is 8. The Bertz CT molecular complexity index is 1100. The van der Waals surface area contributed by atoms with Crippen molar-refractivity contribution in [3.63, 3.8) is 0 Å². The minimum absolute atomic E-state index is 0.169. The smallest absolute Gasteiger partial charge is 0.408 e. The Labute approximate surface area is 236 Å². The standard InChI is InChI=1S/C29H42N4O5S/c1-6-7-8-12-18-36-26-25(31-39-32-26)23-16-13-17-33(5,20-23)21-37-27(34)24(19-22-14-10-9-11-15-22)30-28(35)38-29(2,3)4/h9-11,14-16,24H,6-8,12-13,17-21H2,1-5H3/p+1/t24-,33?/m0/s1. The zero-order valence-electron chi connectivity index (χ0n) is 23.9. The Hall–Kier alpha value is -2.98. The average molecular weight is 560 g/mol. The predicted octanol–water partition coefficient (Wildman–Crippen LogP) is 5.37. The Morgan fingerprint density at radius 3 is 2.62 bits per heavy atom. The van der Waals surface area contributed by atoms with Gasteiger partial charge in [0, 0.05) is 18.4 Å². The Morgan fingerprint density at radius 2 is 1.90 bits per heavy atom. The van der Waals surface area contributed by atoms with Crippen LogP contribution in [0, 0.1) is 0 Å². The topological polar surface area (TPSA) is 99.6 Å². The number of hydrogen-bond donors (Lipinski definition) is 1. The molecule has 1 aliphatic heterocycles. The number of aromatic nitrogens is 2. The minimum Gasteiger partial charge on any atom is -0.475 e. The number of carbonyl (C=O) groups excluding carboxylic acids is 2. The van der Waals surface area contributed by atoms with Crippen LogP contribution in [0.3, 0.4) is 0 Å². The lowest BCUT2D eigenvalue weighted by Gasteiger charge is -2.36. The summed E-state index contributed by atoms with van der Waals surface area (Å²) in [4.78, 5) is 25.7. The molecule has 0 spiro atoms. The molecule has 1 amide bonds. The van der Waals surface area contributed by atoms with Gasteiger partial charge in [0.25, 0.3) is 5.88 Å². The maximum Gasteiger partial charge on any atom is 0.408 e. The van der Waals surface area contributed by atoms with E-state index in [-0.39, 0.29) is 6.73 Å². The quantitative estimate of drug-likeness (QED) is 0.200. The molecule has 1 unspecified atom stereocenters. The van der Waals surface area contributed by atoms with E-state index in [0.29, 0.717) is 29.9 Å². The van der Waals surface area contributed by atoms with Crippen molar-refractivity contribution in [3.05, 3.63) is 47.7 Å². The highest BCUT2D eigenvalue weighted by Gasteiger charge is 2.33. The maximum absolute atomic E-state index is 13.2. The summed E-state index contributed by atoms with van der Waals surface area (Å²) in [7, 11) is 2.05. The van der Waals surface area contributed by atoms with Gasteiger partial charge in [-0.2, -0.15) is 4.37 Å². The van der Waals surface area contributed by atoms with Crippen LogP contribution in [-0.4, -0.2) is 70.4 Å². The molecular weight excluding hydrogens is 516 g/mol. The minimum atomic E-state index is -0.871. The molecule has 1 aromatic heterocycles. The largest absolute Gasteiger partial charge is 0.475 e. The van der Waals surface area contributed by atoms with E-state index >= 15 is 0 Å². The molecule has 0 bridgehead atoms. The highest BCUT2D eigenvalue weighted by Crippen LogP contribution is 2.30. The molecule has 2 aromatic rings. The first-order valence-electron chi connectivity index (χ1n) is 13.8. The van der Waals surface area contributed by atoms with Gasteiger partial charge in [0.1, 0.15) is 23.9 Å². The monoisotopic (exact) mass is 559 g/mol. The van der Waals surface area contributed by atoms with Crippen molar-refractivity contribution in [1.29, 1.82) is 0 Å². The van der Waals surface area contributed by atoms with Crippen LogP contribution in [0.25, 0.3) is 5.57 Å². The number of carbonyl (C=O) groups is 2. The van der Waals surface area contributed by atoms with Crippen LogP contribution in [0.15, 0.2) is 36.4 Å². The van der Waals surface area contributed by atoms with Gasteiger partial charge in [-0.15, -0.1) is 4.37 Å². The lowest BCUT2D eigenvalue weighted by atomic mass is 10.1. The molecule has 2 heterocycles. The molecule has 1 aliphatic rings. The number of likely N-dealkylation sites (N-methyl/N-ethyl adjacent to an activating group) is 1. The van der Waals surface area contributed by atoms with E-state index in [1.807, 2.05) is 30.3 Å². The molecule has 9 nitrogen and oxygen atoms in total. The van der Waals surface area contributed by atoms with Gasteiger partial charge < -0.3 is 19.5 Å². The fourth-order valence-corrected chi connectivity index (χ4v) is 4.90. The van der Waals surface area contributed by atoms with Crippen molar-refractivity contribution in [1.82, 2.24) is 14.1 Å². The van der Waals surface area contributed by atoms with Crippen molar-refractivity contribution < 1.29 is 28.3 Å². The first kappa shape index (κ1) is 30.6. The van der Waals surface area contributed by atoms with E-state index in [0.717, 1.165) is 54.4 Å². The SMILES string of the molecule is CCCCCCOc1nsnc1C1=CCC[N+](C)(COC(=O)[C@H](Cc2ccccc2)NC(=O)OC(C)(C)C)C1. The molecule has 1 aromatic carbocycles. The predicted molar refractivity (Wildman–Crippen MR) is 152 cm³/mol. The Morgan fingerprint density at radius 1 is 1.13 bits per heavy atom. The van der Waals surface area contributed by atoms with Gasteiger partial charge in [0.05, 0.1) is 31.9 Å². The van der Waals surface area contributed by atoms with Crippen LogP contribution in [0.5, 0.6) is 5.88 Å². The highest BCUT2D eigenvalue weighted by atomic mass is 32.1. The average Bonchev–Trinajstić information content (AvgIpc) is 3.35. The van der Waals surface area contributed by atoms with E-state index < -0.39 is 23.7 Å². The fraction of sp³-hybridized carbons (Fsp3) is 0.586. The third kappa shape index (κ3) is 10.3. The van der Waals surface area contributed by atoms with E-state index in [9.17, 15) is 9.59 Å².